The molecule has 1 aromatic carbocycles. The molecule has 0 unspecified atom stereocenters. The minimum absolute atomic E-state index is 0.0639. The summed E-state index contributed by atoms with van der Waals surface area (Å²) in [5, 5.41) is 20.8. The highest BCUT2D eigenvalue weighted by molar-refractivity contribution is 7.09. The Morgan fingerprint density at radius 3 is 2.61 bits per heavy atom. The van der Waals surface area contributed by atoms with Gasteiger partial charge >= 0.3 is 5.97 Å². The Bertz CT molecular complexity index is 508. The van der Waals surface area contributed by atoms with Crippen LogP contribution in [0, 0.1) is 0 Å². The zero-order chi connectivity index (χ0) is 13.0. The Morgan fingerprint density at radius 2 is 2.06 bits per heavy atom. The van der Waals surface area contributed by atoms with Crippen LogP contribution >= 0.6 is 11.3 Å². The van der Waals surface area contributed by atoms with E-state index in [1.54, 1.807) is 30.5 Å². The van der Waals surface area contributed by atoms with E-state index in [0.29, 0.717) is 6.42 Å². The highest BCUT2D eigenvalue weighted by atomic mass is 32.1. The molecular weight excluding hydrogens is 250 g/mol. The van der Waals surface area contributed by atoms with Crippen LogP contribution < -0.4 is 0 Å². The van der Waals surface area contributed by atoms with Crippen molar-refractivity contribution in [1.82, 2.24) is 4.98 Å². The molecule has 1 atom stereocenters. The summed E-state index contributed by atoms with van der Waals surface area (Å²) in [4.78, 5) is 15.1. The van der Waals surface area contributed by atoms with Crippen molar-refractivity contribution >= 4 is 17.3 Å². The first-order valence-corrected chi connectivity index (χ1v) is 6.42. The minimum Gasteiger partial charge on any atom is -0.508 e. The number of thiazole rings is 1. The fourth-order valence-electron chi connectivity index (χ4n) is 1.81. The maximum absolute atomic E-state index is 10.9. The molecule has 1 heterocycles. The van der Waals surface area contributed by atoms with Gasteiger partial charge in [-0.15, -0.1) is 11.3 Å². The number of aliphatic carboxylic acids is 1. The predicted molar refractivity (Wildman–Crippen MR) is 68.9 cm³/mol. The molecule has 0 saturated carbocycles. The van der Waals surface area contributed by atoms with Gasteiger partial charge in [-0.3, -0.25) is 4.79 Å². The summed E-state index contributed by atoms with van der Waals surface area (Å²) >= 11 is 1.47. The Kier molecular flexibility index (Phi) is 3.94. The first-order valence-electron chi connectivity index (χ1n) is 5.54. The van der Waals surface area contributed by atoms with Crippen molar-refractivity contribution < 1.29 is 15.0 Å². The van der Waals surface area contributed by atoms with Crippen molar-refractivity contribution in [2.45, 2.75) is 18.8 Å². The predicted octanol–water partition coefficient (Wildman–Crippen LogP) is 2.65. The van der Waals surface area contributed by atoms with Crippen LogP contribution in [-0.4, -0.2) is 21.2 Å². The molecule has 0 bridgehead atoms. The van der Waals surface area contributed by atoms with Crippen molar-refractivity contribution in [2.24, 2.45) is 0 Å². The standard InChI is InChI=1S/C13H13NO3S/c15-11-3-1-9(2-4-11)7-10(8-12(16)17)13-14-5-6-18-13/h1-6,10,15H,7-8H2,(H,16,17)/t10-/m0/s1. The van der Waals surface area contributed by atoms with Crippen LogP contribution in [0.5, 0.6) is 5.75 Å². The van der Waals surface area contributed by atoms with Crippen molar-refractivity contribution in [2.75, 3.05) is 0 Å². The number of carboxylic acid groups (broad SMARTS) is 1. The summed E-state index contributed by atoms with van der Waals surface area (Å²) in [6.45, 7) is 0. The average Bonchev–Trinajstić information content (AvgIpc) is 2.84. The molecule has 94 valence electrons. The number of carboxylic acids is 1. The van der Waals surface area contributed by atoms with Gasteiger partial charge in [-0.2, -0.15) is 0 Å². The Morgan fingerprint density at radius 1 is 1.33 bits per heavy atom. The number of hydrogen-bond acceptors (Lipinski definition) is 4. The monoisotopic (exact) mass is 263 g/mol. The van der Waals surface area contributed by atoms with Gasteiger partial charge in [0.15, 0.2) is 0 Å². The molecule has 0 amide bonds. The van der Waals surface area contributed by atoms with Crippen molar-refractivity contribution in [1.29, 1.82) is 0 Å². The minimum atomic E-state index is -0.825. The lowest BCUT2D eigenvalue weighted by Gasteiger charge is -2.12. The van der Waals surface area contributed by atoms with Crippen LogP contribution in [0.3, 0.4) is 0 Å². The average molecular weight is 263 g/mol. The Labute approximate surface area is 109 Å². The van der Waals surface area contributed by atoms with Gasteiger partial charge < -0.3 is 10.2 Å². The van der Waals surface area contributed by atoms with Gasteiger partial charge in [0, 0.05) is 17.5 Å². The van der Waals surface area contributed by atoms with Gasteiger partial charge in [-0.05, 0) is 24.1 Å². The summed E-state index contributed by atoms with van der Waals surface area (Å²) < 4.78 is 0. The van der Waals surface area contributed by atoms with Gasteiger partial charge in [0.05, 0.1) is 11.4 Å². The zero-order valence-electron chi connectivity index (χ0n) is 9.61. The second-order valence-corrected chi connectivity index (χ2v) is 4.96. The van der Waals surface area contributed by atoms with E-state index in [-0.39, 0.29) is 18.1 Å². The van der Waals surface area contributed by atoms with Gasteiger partial charge in [-0.1, -0.05) is 12.1 Å². The topological polar surface area (TPSA) is 70.4 Å². The first kappa shape index (κ1) is 12.6. The molecule has 4 nitrogen and oxygen atoms in total. The highest BCUT2D eigenvalue weighted by Crippen LogP contribution is 2.26. The van der Waals surface area contributed by atoms with Crippen LogP contribution in [0.2, 0.25) is 0 Å². The van der Waals surface area contributed by atoms with Crippen LogP contribution in [0.25, 0.3) is 0 Å². The van der Waals surface area contributed by atoms with Crippen molar-refractivity contribution in [3.05, 3.63) is 46.4 Å². The molecule has 0 saturated heterocycles. The molecule has 0 fully saturated rings. The fourth-order valence-corrected chi connectivity index (χ4v) is 2.55. The lowest BCUT2D eigenvalue weighted by atomic mass is 9.97. The van der Waals surface area contributed by atoms with Crippen LogP contribution in [0.1, 0.15) is 22.9 Å². The third-order valence-electron chi connectivity index (χ3n) is 2.64. The van der Waals surface area contributed by atoms with E-state index in [9.17, 15) is 9.90 Å². The number of hydrogen-bond donors (Lipinski definition) is 2. The number of phenolic OH excluding ortho intramolecular Hbond substituents is 1. The second kappa shape index (κ2) is 5.64. The molecule has 0 aliphatic carbocycles. The van der Waals surface area contributed by atoms with E-state index < -0.39 is 5.97 Å². The number of nitrogens with zero attached hydrogens (tertiary/aromatic N) is 1. The maximum Gasteiger partial charge on any atom is 0.304 e. The van der Waals surface area contributed by atoms with Crippen LogP contribution in [-0.2, 0) is 11.2 Å². The molecule has 0 aliphatic heterocycles. The number of phenols is 1. The maximum atomic E-state index is 10.9. The second-order valence-electron chi connectivity index (χ2n) is 4.04. The van der Waals surface area contributed by atoms with E-state index in [4.69, 9.17) is 5.11 Å². The Hall–Kier alpha value is -1.88. The largest absolute Gasteiger partial charge is 0.508 e. The van der Waals surface area contributed by atoms with Crippen LogP contribution in [0.15, 0.2) is 35.8 Å². The molecule has 2 aromatic rings. The third kappa shape index (κ3) is 3.30. The number of carbonyl (C=O) groups is 1. The number of benzene rings is 1. The van der Waals surface area contributed by atoms with Gasteiger partial charge in [0.2, 0.25) is 0 Å². The SMILES string of the molecule is O=C(O)C[C@H](Cc1ccc(O)cc1)c1nccs1. The lowest BCUT2D eigenvalue weighted by Crippen LogP contribution is -2.09. The Balaban J connectivity index is 2.15. The summed E-state index contributed by atoms with van der Waals surface area (Å²) in [5.41, 5.74) is 0.995. The number of rotatable bonds is 5. The zero-order valence-corrected chi connectivity index (χ0v) is 10.4. The van der Waals surface area contributed by atoms with Crippen molar-refractivity contribution in [3.63, 3.8) is 0 Å². The van der Waals surface area contributed by atoms with E-state index in [2.05, 4.69) is 4.98 Å². The quantitative estimate of drug-likeness (QED) is 0.870. The number of aromatic nitrogens is 1. The molecular formula is C13H13NO3S. The molecule has 1 aromatic heterocycles. The fraction of sp³-hybridized carbons (Fsp3) is 0.231. The molecule has 2 rings (SSSR count). The summed E-state index contributed by atoms with van der Waals surface area (Å²) in [6, 6.07) is 6.82. The van der Waals surface area contributed by atoms with E-state index in [0.717, 1.165) is 10.6 Å². The molecule has 2 N–H and O–H groups in total. The van der Waals surface area contributed by atoms with Crippen molar-refractivity contribution in [3.8, 4) is 5.75 Å². The highest BCUT2D eigenvalue weighted by Gasteiger charge is 2.18. The molecule has 5 heteroatoms. The molecule has 18 heavy (non-hydrogen) atoms. The van der Waals surface area contributed by atoms with Gasteiger partial charge in [-0.25, -0.2) is 4.98 Å². The molecule has 0 spiro atoms. The van der Waals surface area contributed by atoms with E-state index in [1.807, 2.05) is 5.38 Å². The van der Waals surface area contributed by atoms with Crippen LogP contribution in [0.4, 0.5) is 0 Å². The van der Waals surface area contributed by atoms with E-state index in [1.165, 1.54) is 11.3 Å². The smallest absolute Gasteiger partial charge is 0.304 e. The number of aromatic hydroxyl groups is 1. The van der Waals surface area contributed by atoms with Gasteiger partial charge in [0.25, 0.3) is 0 Å². The molecule has 0 aliphatic rings. The lowest BCUT2D eigenvalue weighted by molar-refractivity contribution is -0.137. The normalized spacial score (nSPS) is 12.2. The first-order chi connectivity index (χ1) is 8.65. The van der Waals surface area contributed by atoms with Gasteiger partial charge in [0.1, 0.15) is 5.75 Å². The molecule has 0 radical (unpaired) electrons. The summed E-state index contributed by atoms with van der Waals surface area (Å²) in [6.07, 6.45) is 2.36. The van der Waals surface area contributed by atoms with E-state index >= 15 is 0 Å². The third-order valence-corrected chi connectivity index (χ3v) is 3.58. The summed E-state index contributed by atoms with van der Waals surface area (Å²) in [7, 11) is 0. The summed E-state index contributed by atoms with van der Waals surface area (Å²) in [5.74, 6) is -0.733.